The number of carbonyl (C=O) groups excluding carboxylic acids is 1. The van der Waals surface area contributed by atoms with Gasteiger partial charge in [-0.25, -0.2) is 4.98 Å². The predicted octanol–water partition coefficient (Wildman–Crippen LogP) is 1.03. The van der Waals surface area contributed by atoms with Crippen molar-refractivity contribution in [2.24, 2.45) is 0 Å². The van der Waals surface area contributed by atoms with Crippen LogP contribution in [0, 0.1) is 0 Å². The van der Waals surface area contributed by atoms with E-state index in [1.165, 1.54) is 0 Å². The summed E-state index contributed by atoms with van der Waals surface area (Å²) in [6.45, 7) is 4.03. The Hall–Kier alpha value is -1.62. The largest absolute Gasteiger partial charge is 0.379 e. The first-order valence-electron chi connectivity index (χ1n) is 5.88. The van der Waals surface area contributed by atoms with Crippen molar-refractivity contribution in [1.82, 2.24) is 10.3 Å². The molecule has 5 heteroatoms. The van der Waals surface area contributed by atoms with Crippen LogP contribution in [0.5, 0.6) is 0 Å². The van der Waals surface area contributed by atoms with Gasteiger partial charge < -0.3 is 15.4 Å². The van der Waals surface area contributed by atoms with Crippen LogP contribution in [0.15, 0.2) is 18.3 Å². The van der Waals surface area contributed by atoms with E-state index < -0.39 is 0 Å². The smallest absolute Gasteiger partial charge is 0.255 e. The first-order valence-corrected chi connectivity index (χ1v) is 5.88. The molecule has 2 heterocycles. The number of hydrogen-bond acceptors (Lipinski definition) is 4. The minimum atomic E-state index is -0.0930. The van der Waals surface area contributed by atoms with Crippen molar-refractivity contribution >= 4 is 11.7 Å². The van der Waals surface area contributed by atoms with Crippen LogP contribution in [0.25, 0.3) is 0 Å². The number of anilines is 1. The quantitative estimate of drug-likeness (QED) is 0.818. The van der Waals surface area contributed by atoms with Gasteiger partial charge in [-0.1, -0.05) is 0 Å². The number of nitrogens with one attached hydrogen (secondary N) is 2. The van der Waals surface area contributed by atoms with E-state index in [1.807, 2.05) is 6.92 Å². The fraction of sp³-hybridized carbons (Fsp3) is 0.500. The average molecular weight is 235 g/mol. The van der Waals surface area contributed by atoms with E-state index in [1.54, 1.807) is 18.3 Å². The van der Waals surface area contributed by atoms with Gasteiger partial charge in [0.25, 0.3) is 5.91 Å². The lowest BCUT2D eigenvalue weighted by Gasteiger charge is -2.13. The minimum absolute atomic E-state index is 0.0930. The van der Waals surface area contributed by atoms with Crippen LogP contribution in [-0.4, -0.2) is 36.7 Å². The minimum Gasteiger partial charge on any atom is -0.379 e. The highest BCUT2D eigenvalue weighted by Gasteiger charge is 2.20. The Kier molecular flexibility index (Phi) is 3.93. The number of pyridine rings is 1. The number of nitrogens with zero attached hydrogens (tertiary/aromatic N) is 1. The van der Waals surface area contributed by atoms with Crippen LogP contribution in [0.2, 0.25) is 0 Å². The van der Waals surface area contributed by atoms with Gasteiger partial charge in [-0.3, -0.25) is 4.79 Å². The first-order chi connectivity index (χ1) is 8.31. The van der Waals surface area contributed by atoms with Crippen LogP contribution in [0.3, 0.4) is 0 Å². The second-order valence-electron chi connectivity index (χ2n) is 3.96. The zero-order valence-electron chi connectivity index (χ0n) is 9.90. The van der Waals surface area contributed by atoms with Crippen LogP contribution in [-0.2, 0) is 4.74 Å². The van der Waals surface area contributed by atoms with E-state index >= 15 is 0 Å². The molecule has 1 aliphatic heterocycles. The van der Waals surface area contributed by atoms with E-state index in [0.29, 0.717) is 18.0 Å². The summed E-state index contributed by atoms with van der Waals surface area (Å²) in [7, 11) is 0. The maximum atomic E-state index is 12.0. The Morgan fingerprint density at radius 3 is 3.24 bits per heavy atom. The molecule has 1 saturated heterocycles. The number of rotatable bonds is 4. The van der Waals surface area contributed by atoms with Crippen molar-refractivity contribution in [2.45, 2.75) is 19.4 Å². The molecule has 0 aromatic carbocycles. The molecule has 2 rings (SSSR count). The van der Waals surface area contributed by atoms with E-state index in [9.17, 15) is 4.79 Å². The molecule has 0 bridgehead atoms. The summed E-state index contributed by atoms with van der Waals surface area (Å²) >= 11 is 0. The molecule has 1 aromatic rings. The van der Waals surface area contributed by atoms with Crippen LogP contribution in [0.4, 0.5) is 5.82 Å². The summed E-state index contributed by atoms with van der Waals surface area (Å²) in [5.41, 5.74) is 0.584. The van der Waals surface area contributed by atoms with Crippen molar-refractivity contribution in [3.8, 4) is 0 Å². The highest BCUT2D eigenvalue weighted by atomic mass is 16.5. The summed E-state index contributed by atoms with van der Waals surface area (Å²) in [6.07, 6.45) is 2.55. The lowest BCUT2D eigenvalue weighted by molar-refractivity contribution is 0.0930. The molecule has 5 nitrogen and oxygen atoms in total. The Morgan fingerprint density at radius 1 is 1.65 bits per heavy atom. The molecule has 1 aromatic heterocycles. The van der Waals surface area contributed by atoms with Gasteiger partial charge in [0.15, 0.2) is 0 Å². The lowest BCUT2D eigenvalue weighted by Crippen LogP contribution is -2.35. The maximum Gasteiger partial charge on any atom is 0.255 e. The lowest BCUT2D eigenvalue weighted by atomic mass is 10.2. The number of ether oxygens (including phenoxy) is 1. The first kappa shape index (κ1) is 11.9. The average Bonchev–Trinajstić information content (AvgIpc) is 2.83. The Labute approximate surface area is 101 Å². The van der Waals surface area contributed by atoms with E-state index in [2.05, 4.69) is 15.6 Å². The molecule has 1 unspecified atom stereocenters. The molecule has 0 spiro atoms. The van der Waals surface area contributed by atoms with E-state index in [4.69, 9.17) is 4.74 Å². The van der Waals surface area contributed by atoms with Gasteiger partial charge in [-0.2, -0.15) is 0 Å². The highest BCUT2D eigenvalue weighted by molar-refractivity contribution is 5.98. The molecule has 1 fully saturated rings. The number of hydrogen-bond donors (Lipinski definition) is 2. The summed E-state index contributed by atoms with van der Waals surface area (Å²) in [5.74, 6) is 0.538. The van der Waals surface area contributed by atoms with E-state index in [-0.39, 0.29) is 11.9 Å². The summed E-state index contributed by atoms with van der Waals surface area (Å²) in [4.78, 5) is 16.2. The Balaban J connectivity index is 2.06. The van der Waals surface area contributed by atoms with Crippen molar-refractivity contribution in [3.63, 3.8) is 0 Å². The molecule has 92 valence electrons. The second-order valence-corrected chi connectivity index (χ2v) is 3.96. The van der Waals surface area contributed by atoms with Gasteiger partial charge in [0.05, 0.1) is 18.2 Å². The topological polar surface area (TPSA) is 63.2 Å². The van der Waals surface area contributed by atoms with Gasteiger partial charge in [0.2, 0.25) is 0 Å². The van der Waals surface area contributed by atoms with Crippen LogP contribution >= 0.6 is 0 Å². The predicted molar refractivity (Wildman–Crippen MR) is 65.1 cm³/mol. The molecule has 0 radical (unpaired) electrons. The third-order valence-electron chi connectivity index (χ3n) is 2.66. The third kappa shape index (κ3) is 2.94. The fourth-order valence-corrected chi connectivity index (χ4v) is 1.81. The molecule has 0 saturated carbocycles. The molecule has 1 aliphatic rings. The van der Waals surface area contributed by atoms with Crippen LogP contribution < -0.4 is 10.6 Å². The second kappa shape index (κ2) is 5.63. The van der Waals surface area contributed by atoms with Gasteiger partial charge in [-0.15, -0.1) is 0 Å². The van der Waals surface area contributed by atoms with Crippen molar-refractivity contribution in [2.75, 3.05) is 25.1 Å². The summed E-state index contributed by atoms with van der Waals surface area (Å²) in [6, 6.07) is 3.66. The Morgan fingerprint density at radius 2 is 2.53 bits per heavy atom. The maximum absolute atomic E-state index is 12.0. The monoisotopic (exact) mass is 235 g/mol. The highest BCUT2D eigenvalue weighted by Crippen LogP contribution is 2.12. The standard InChI is InChI=1S/C12H17N3O2/c1-2-13-11-10(4-3-6-14-11)12(16)15-9-5-7-17-8-9/h3-4,6,9H,2,5,7-8H2,1H3,(H,13,14)(H,15,16). The van der Waals surface area contributed by atoms with Crippen molar-refractivity contribution in [1.29, 1.82) is 0 Å². The molecular formula is C12H17N3O2. The van der Waals surface area contributed by atoms with Crippen molar-refractivity contribution < 1.29 is 9.53 Å². The zero-order valence-corrected chi connectivity index (χ0v) is 9.90. The van der Waals surface area contributed by atoms with Gasteiger partial charge in [-0.05, 0) is 25.5 Å². The summed E-state index contributed by atoms with van der Waals surface area (Å²) < 4.78 is 5.23. The SMILES string of the molecule is CCNc1ncccc1C(=O)NC1CCOC1. The van der Waals surface area contributed by atoms with Gasteiger partial charge in [0, 0.05) is 19.3 Å². The van der Waals surface area contributed by atoms with Gasteiger partial charge >= 0.3 is 0 Å². The van der Waals surface area contributed by atoms with Gasteiger partial charge in [0.1, 0.15) is 5.82 Å². The molecule has 0 aliphatic carbocycles. The number of aromatic nitrogens is 1. The fourth-order valence-electron chi connectivity index (χ4n) is 1.81. The zero-order chi connectivity index (χ0) is 12.1. The normalized spacial score (nSPS) is 19.0. The summed E-state index contributed by atoms with van der Waals surface area (Å²) in [5, 5.41) is 6.03. The number of carbonyl (C=O) groups is 1. The van der Waals surface area contributed by atoms with Crippen molar-refractivity contribution in [3.05, 3.63) is 23.9 Å². The molecule has 17 heavy (non-hydrogen) atoms. The van der Waals surface area contributed by atoms with Crippen LogP contribution in [0.1, 0.15) is 23.7 Å². The third-order valence-corrected chi connectivity index (χ3v) is 2.66. The van der Waals surface area contributed by atoms with E-state index in [0.717, 1.165) is 19.6 Å². The Bertz CT molecular complexity index is 389. The number of amides is 1. The molecule has 2 N–H and O–H groups in total. The molecule has 1 atom stereocenters. The molecular weight excluding hydrogens is 218 g/mol. The molecule has 1 amide bonds.